The second-order valence-corrected chi connectivity index (χ2v) is 5.45. The van der Waals surface area contributed by atoms with Gasteiger partial charge in [0, 0.05) is 29.7 Å². The second-order valence-electron chi connectivity index (χ2n) is 5.45. The predicted octanol–water partition coefficient (Wildman–Crippen LogP) is 3.54. The van der Waals surface area contributed by atoms with Crippen molar-refractivity contribution in [3.05, 3.63) is 54.4 Å². The summed E-state index contributed by atoms with van der Waals surface area (Å²) in [4.78, 5) is 12.2. The zero-order valence-corrected chi connectivity index (χ0v) is 11.6. The largest absolute Gasteiger partial charge is 0.349 e. The van der Waals surface area contributed by atoms with Gasteiger partial charge in [-0.05, 0) is 49.2 Å². The first kappa shape index (κ1) is 13.0. The lowest BCUT2D eigenvalue weighted by Gasteiger charge is -2.22. The van der Waals surface area contributed by atoms with Gasteiger partial charge in [-0.25, -0.2) is 0 Å². The van der Waals surface area contributed by atoms with Crippen LogP contribution in [0.2, 0.25) is 0 Å². The molecule has 0 unspecified atom stereocenters. The Balaban J connectivity index is 1.66. The maximum Gasteiger partial charge on any atom is 0.251 e. The number of nitrogens with zero attached hydrogens (tertiary/aromatic N) is 1. The molecule has 1 heterocycles. The molecule has 0 saturated heterocycles. The van der Waals surface area contributed by atoms with Crippen molar-refractivity contribution in [1.82, 2.24) is 9.88 Å². The zero-order valence-electron chi connectivity index (χ0n) is 11.6. The fourth-order valence-corrected chi connectivity index (χ4v) is 2.81. The van der Waals surface area contributed by atoms with Gasteiger partial charge in [-0.15, -0.1) is 0 Å². The van der Waals surface area contributed by atoms with Crippen molar-refractivity contribution in [2.75, 3.05) is 0 Å². The summed E-state index contributed by atoms with van der Waals surface area (Å²) in [6.07, 6.45) is 10.0. The van der Waals surface area contributed by atoms with Crippen molar-refractivity contribution < 1.29 is 4.79 Å². The zero-order chi connectivity index (χ0) is 13.8. The highest BCUT2D eigenvalue weighted by atomic mass is 16.1. The second kappa shape index (κ2) is 5.95. The molecule has 1 aromatic carbocycles. The van der Waals surface area contributed by atoms with Gasteiger partial charge in [0.15, 0.2) is 0 Å². The number of hydrogen-bond donors (Lipinski definition) is 1. The maximum atomic E-state index is 12.2. The Morgan fingerprint density at radius 1 is 1.00 bits per heavy atom. The van der Waals surface area contributed by atoms with E-state index in [9.17, 15) is 4.79 Å². The van der Waals surface area contributed by atoms with Crippen molar-refractivity contribution in [2.45, 2.75) is 38.1 Å². The highest BCUT2D eigenvalue weighted by Crippen LogP contribution is 2.18. The van der Waals surface area contributed by atoms with Crippen LogP contribution in [-0.2, 0) is 0 Å². The summed E-state index contributed by atoms with van der Waals surface area (Å²) in [5.41, 5.74) is 1.82. The monoisotopic (exact) mass is 268 g/mol. The highest BCUT2D eigenvalue weighted by Gasteiger charge is 2.16. The Labute approximate surface area is 119 Å². The molecule has 0 atom stereocenters. The molecule has 1 aliphatic carbocycles. The van der Waals surface area contributed by atoms with E-state index in [1.165, 1.54) is 19.3 Å². The van der Waals surface area contributed by atoms with Crippen LogP contribution in [0, 0.1) is 0 Å². The Kier molecular flexibility index (Phi) is 3.86. The number of carbonyl (C=O) groups is 1. The number of aromatic nitrogens is 1. The van der Waals surface area contributed by atoms with Crippen LogP contribution in [0.3, 0.4) is 0 Å². The van der Waals surface area contributed by atoms with Gasteiger partial charge in [-0.2, -0.15) is 0 Å². The molecule has 1 aliphatic rings. The first-order valence-electron chi connectivity index (χ1n) is 7.37. The van der Waals surface area contributed by atoms with Crippen molar-refractivity contribution in [1.29, 1.82) is 0 Å². The van der Waals surface area contributed by atoms with Gasteiger partial charge >= 0.3 is 0 Å². The van der Waals surface area contributed by atoms with E-state index in [4.69, 9.17) is 0 Å². The minimum absolute atomic E-state index is 0.0518. The van der Waals surface area contributed by atoms with Crippen molar-refractivity contribution >= 4 is 5.91 Å². The van der Waals surface area contributed by atoms with Gasteiger partial charge in [-0.3, -0.25) is 4.79 Å². The number of rotatable bonds is 3. The molecule has 2 aromatic rings. The smallest absolute Gasteiger partial charge is 0.251 e. The molecule has 0 aliphatic heterocycles. The van der Waals surface area contributed by atoms with E-state index in [1.54, 1.807) is 0 Å². The van der Waals surface area contributed by atoms with Crippen LogP contribution in [0.15, 0.2) is 48.8 Å². The molecule has 1 saturated carbocycles. The lowest BCUT2D eigenvalue weighted by atomic mass is 9.95. The van der Waals surface area contributed by atoms with Crippen molar-refractivity contribution in [3.63, 3.8) is 0 Å². The molecule has 1 N–H and O–H groups in total. The van der Waals surface area contributed by atoms with E-state index < -0.39 is 0 Å². The van der Waals surface area contributed by atoms with E-state index in [0.29, 0.717) is 6.04 Å². The Morgan fingerprint density at radius 2 is 1.65 bits per heavy atom. The summed E-state index contributed by atoms with van der Waals surface area (Å²) < 4.78 is 2.03. The van der Waals surface area contributed by atoms with Crippen LogP contribution in [0.1, 0.15) is 42.5 Å². The maximum absolute atomic E-state index is 12.2. The molecule has 0 bridgehead atoms. The van der Waals surface area contributed by atoms with Crippen LogP contribution in [0.5, 0.6) is 0 Å². The molecular weight excluding hydrogens is 248 g/mol. The SMILES string of the molecule is O=C(NC1CCCCC1)c1ccc(-n2cccc2)cc1. The van der Waals surface area contributed by atoms with E-state index in [-0.39, 0.29) is 5.91 Å². The van der Waals surface area contributed by atoms with Gasteiger partial charge in [0.1, 0.15) is 0 Å². The molecule has 1 aromatic heterocycles. The fourth-order valence-electron chi connectivity index (χ4n) is 2.81. The lowest BCUT2D eigenvalue weighted by molar-refractivity contribution is 0.0928. The summed E-state index contributed by atoms with van der Waals surface area (Å²) in [6, 6.07) is 12.1. The third-order valence-corrected chi connectivity index (χ3v) is 3.97. The molecule has 0 radical (unpaired) electrons. The molecule has 1 amide bonds. The number of amides is 1. The van der Waals surface area contributed by atoms with Crippen molar-refractivity contribution in [2.24, 2.45) is 0 Å². The number of hydrogen-bond acceptors (Lipinski definition) is 1. The Bertz CT molecular complexity index is 551. The van der Waals surface area contributed by atoms with Crippen LogP contribution in [0.25, 0.3) is 5.69 Å². The summed E-state index contributed by atoms with van der Waals surface area (Å²) in [5, 5.41) is 3.14. The Morgan fingerprint density at radius 3 is 2.30 bits per heavy atom. The molecule has 20 heavy (non-hydrogen) atoms. The first-order valence-corrected chi connectivity index (χ1v) is 7.37. The average Bonchev–Trinajstić information content (AvgIpc) is 3.03. The molecule has 3 heteroatoms. The van der Waals surface area contributed by atoms with Crippen LogP contribution in [0.4, 0.5) is 0 Å². The molecule has 3 rings (SSSR count). The quantitative estimate of drug-likeness (QED) is 0.907. The van der Waals surface area contributed by atoms with Gasteiger partial charge < -0.3 is 9.88 Å². The number of nitrogens with one attached hydrogen (secondary N) is 1. The number of benzene rings is 1. The molecule has 104 valence electrons. The summed E-state index contributed by atoms with van der Waals surface area (Å²) in [7, 11) is 0. The number of carbonyl (C=O) groups excluding carboxylic acids is 1. The molecule has 3 nitrogen and oxygen atoms in total. The minimum Gasteiger partial charge on any atom is -0.349 e. The van der Waals surface area contributed by atoms with E-state index in [1.807, 2.05) is 53.4 Å². The van der Waals surface area contributed by atoms with E-state index in [0.717, 1.165) is 24.1 Å². The minimum atomic E-state index is 0.0518. The summed E-state index contributed by atoms with van der Waals surface area (Å²) >= 11 is 0. The molecule has 0 spiro atoms. The standard InChI is InChI=1S/C17H20N2O/c20-17(18-15-6-2-1-3-7-15)14-8-10-16(11-9-14)19-12-4-5-13-19/h4-5,8-13,15H,1-3,6-7H2,(H,18,20). The van der Waals surface area contributed by atoms with E-state index >= 15 is 0 Å². The molecular formula is C17H20N2O. The van der Waals surface area contributed by atoms with Crippen LogP contribution >= 0.6 is 0 Å². The summed E-state index contributed by atoms with van der Waals surface area (Å²) in [5.74, 6) is 0.0518. The van der Waals surface area contributed by atoms with Gasteiger partial charge in [-0.1, -0.05) is 19.3 Å². The average molecular weight is 268 g/mol. The first-order chi connectivity index (χ1) is 9.83. The Hall–Kier alpha value is -2.03. The highest BCUT2D eigenvalue weighted by molar-refractivity contribution is 5.94. The predicted molar refractivity (Wildman–Crippen MR) is 80.1 cm³/mol. The third-order valence-electron chi connectivity index (χ3n) is 3.97. The normalized spacial score (nSPS) is 16.0. The van der Waals surface area contributed by atoms with Crippen molar-refractivity contribution in [3.8, 4) is 5.69 Å². The summed E-state index contributed by atoms with van der Waals surface area (Å²) in [6.45, 7) is 0. The van der Waals surface area contributed by atoms with Gasteiger partial charge in [0.05, 0.1) is 0 Å². The topological polar surface area (TPSA) is 34.0 Å². The third kappa shape index (κ3) is 2.93. The molecule has 1 fully saturated rings. The fraction of sp³-hybridized carbons (Fsp3) is 0.353. The van der Waals surface area contributed by atoms with Gasteiger partial charge in [0.25, 0.3) is 5.91 Å². The van der Waals surface area contributed by atoms with Crippen LogP contribution < -0.4 is 5.32 Å². The lowest BCUT2D eigenvalue weighted by Crippen LogP contribution is -2.36. The van der Waals surface area contributed by atoms with Gasteiger partial charge in [0.2, 0.25) is 0 Å². The van der Waals surface area contributed by atoms with Crippen LogP contribution in [-0.4, -0.2) is 16.5 Å². The van der Waals surface area contributed by atoms with E-state index in [2.05, 4.69) is 5.32 Å².